The first-order valence-electron chi connectivity index (χ1n) is 9.97. The summed E-state index contributed by atoms with van der Waals surface area (Å²) in [7, 11) is 1.66. The molecule has 2 heterocycles. The summed E-state index contributed by atoms with van der Waals surface area (Å²) >= 11 is 1.66. The lowest BCUT2D eigenvalue weighted by molar-refractivity contribution is -0.145. The lowest BCUT2D eigenvalue weighted by Crippen LogP contribution is -2.38. The molecule has 0 aliphatic carbocycles. The van der Waals surface area contributed by atoms with E-state index < -0.39 is 0 Å². The van der Waals surface area contributed by atoms with Gasteiger partial charge >= 0.3 is 5.97 Å². The lowest BCUT2D eigenvalue weighted by Gasteiger charge is -2.31. The number of amides is 1. The number of rotatable bonds is 8. The molecule has 0 bridgehead atoms. The van der Waals surface area contributed by atoms with Crippen LogP contribution in [0.5, 0.6) is 5.75 Å². The summed E-state index contributed by atoms with van der Waals surface area (Å²) in [5, 5.41) is 10.8. The molecule has 2 aromatic rings. The number of methoxy groups -OCH3 is 1. The quantitative estimate of drug-likeness (QED) is 0.614. The van der Waals surface area contributed by atoms with Crippen molar-refractivity contribution < 1.29 is 19.1 Å². The SMILES string of the molecule is CCOC(=O)CCC(=O)N1CCC(c2nnc(Cc3ccc(OC)cc3)s2)CC1. The van der Waals surface area contributed by atoms with Gasteiger partial charge in [0.15, 0.2) is 0 Å². The van der Waals surface area contributed by atoms with E-state index in [-0.39, 0.29) is 24.7 Å². The van der Waals surface area contributed by atoms with Crippen LogP contribution in [0.2, 0.25) is 0 Å². The lowest BCUT2D eigenvalue weighted by atomic mass is 9.97. The van der Waals surface area contributed by atoms with Crippen LogP contribution in [0.4, 0.5) is 0 Å². The van der Waals surface area contributed by atoms with Gasteiger partial charge in [-0.1, -0.05) is 12.1 Å². The highest BCUT2D eigenvalue weighted by Gasteiger charge is 2.26. The first kappa shape index (κ1) is 21.2. The molecule has 29 heavy (non-hydrogen) atoms. The van der Waals surface area contributed by atoms with Gasteiger partial charge in [-0.05, 0) is 37.5 Å². The van der Waals surface area contributed by atoms with Gasteiger partial charge in [0, 0.05) is 31.8 Å². The molecule has 1 aromatic carbocycles. The minimum absolute atomic E-state index is 0.0222. The van der Waals surface area contributed by atoms with Crippen LogP contribution >= 0.6 is 11.3 Å². The van der Waals surface area contributed by atoms with E-state index in [0.717, 1.165) is 35.0 Å². The van der Waals surface area contributed by atoms with Gasteiger partial charge in [-0.15, -0.1) is 21.5 Å². The molecule has 0 saturated carbocycles. The fourth-order valence-electron chi connectivity index (χ4n) is 3.40. The van der Waals surface area contributed by atoms with Gasteiger partial charge in [0.05, 0.1) is 20.1 Å². The van der Waals surface area contributed by atoms with E-state index in [1.54, 1.807) is 25.4 Å². The summed E-state index contributed by atoms with van der Waals surface area (Å²) in [6, 6.07) is 7.98. The number of nitrogens with zero attached hydrogens (tertiary/aromatic N) is 3. The number of hydrogen-bond acceptors (Lipinski definition) is 7. The molecule has 1 aliphatic heterocycles. The highest BCUT2D eigenvalue weighted by Crippen LogP contribution is 2.31. The minimum atomic E-state index is -0.311. The Kier molecular flexibility index (Phi) is 7.57. The third-order valence-corrected chi connectivity index (χ3v) is 6.13. The molecule has 0 N–H and O–H groups in total. The van der Waals surface area contributed by atoms with E-state index in [9.17, 15) is 9.59 Å². The fraction of sp³-hybridized carbons (Fsp3) is 0.524. The number of carbonyl (C=O) groups excluding carboxylic acids is 2. The van der Waals surface area contributed by atoms with Crippen LogP contribution in [0.3, 0.4) is 0 Å². The van der Waals surface area contributed by atoms with E-state index in [1.165, 1.54) is 5.56 Å². The molecule has 0 unspecified atom stereocenters. The highest BCUT2D eigenvalue weighted by atomic mass is 32.1. The smallest absolute Gasteiger partial charge is 0.306 e. The molecule has 3 rings (SSSR count). The third-order valence-electron chi connectivity index (χ3n) is 5.04. The molecule has 7 nitrogen and oxygen atoms in total. The molecule has 8 heteroatoms. The van der Waals surface area contributed by atoms with E-state index in [0.29, 0.717) is 25.6 Å². The topological polar surface area (TPSA) is 81.6 Å². The van der Waals surface area contributed by atoms with E-state index >= 15 is 0 Å². The van der Waals surface area contributed by atoms with Gasteiger partial charge in [-0.25, -0.2) is 0 Å². The molecule has 1 amide bonds. The molecule has 0 radical (unpaired) electrons. The van der Waals surface area contributed by atoms with E-state index in [1.807, 2.05) is 29.2 Å². The van der Waals surface area contributed by atoms with Gasteiger partial charge in [0.25, 0.3) is 0 Å². The Labute approximate surface area is 175 Å². The van der Waals surface area contributed by atoms with Crippen LogP contribution in [0.25, 0.3) is 0 Å². The molecular formula is C21H27N3O4S. The molecular weight excluding hydrogens is 390 g/mol. The average molecular weight is 418 g/mol. The van der Waals surface area contributed by atoms with Crippen LogP contribution < -0.4 is 4.74 Å². The van der Waals surface area contributed by atoms with Gasteiger partial charge < -0.3 is 14.4 Å². The zero-order valence-electron chi connectivity index (χ0n) is 16.9. The Morgan fingerprint density at radius 1 is 1.14 bits per heavy atom. The Morgan fingerprint density at radius 2 is 1.86 bits per heavy atom. The Balaban J connectivity index is 1.47. The Bertz CT molecular complexity index is 814. The van der Waals surface area contributed by atoms with Crippen molar-refractivity contribution in [2.24, 2.45) is 0 Å². The van der Waals surface area contributed by atoms with Gasteiger partial charge in [-0.3, -0.25) is 9.59 Å². The third kappa shape index (κ3) is 6.00. The maximum absolute atomic E-state index is 12.3. The minimum Gasteiger partial charge on any atom is -0.497 e. The van der Waals surface area contributed by atoms with Crippen molar-refractivity contribution in [2.45, 2.75) is 44.9 Å². The first-order chi connectivity index (χ1) is 14.1. The van der Waals surface area contributed by atoms with Crippen molar-refractivity contribution in [1.82, 2.24) is 15.1 Å². The summed E-state index contributed by atoms with van der Waals surface area (Å²) in [5.41, 5.74) is 1.18. The Hall–Kier alpha value is -2.48. The van der Waals surface area contributed by atoms with Gasteiger partial charge in [0.1, 0.15) is 15.8 Å². The number of hydrogen-bond donors (Lipinski definition) is 0. The molecule has 1 fully saturated rings. The molecule has 156 valence electrons. The number of benzene rings is 1. The normalized spacial score (nSPS) is 14.6. The number of aromatic nitrogens is 2. The van der Waals surface area contributed by atoms with Gasteiger partial charge in [0.2, 0.25) is 5.91 Å². The predicted molar refractivity (Wildman–Crippen MR) is 110 cm³/mol. The Morgan fingerprint density at radius 3 is 2.52 bits per heavy atom. The second-order valence-electron chi connectivity index (χ2n) is 7.02. The molecule has 0 spiro atoms. The molecule has 0 atom stereocenters. The van der Waals surface area contributed by atoms with E-state index in [2.05, 4.69) is 10.2 Å². The molecule has 1 aliphatic rings. The average Bonchev–Trinajstić information content (AvgIpc) is 3.21. The van der Waals surface area contributed by atoms with Crippen LogP contribution in [0, 0.1) is 0 Å². The van der Waals surface area contributed by atoms with Crippen molar-refractivity contribution in [2.75, 3.05) is 26.8 Å². The molecule has 1 saturated heterocycles. The van der Waals surface area contributed by atoms with E-state index in [4.69, 9.17) is 9.47 Å². The monoisotopic (exact) mass is 417 g/mol. The van der Waals surface area contributed by atoms with Crippen LogP contribution in [0.15, 0.2) is 24.3 Å². The van der Waals surface area contributed by atoms with Crippen LogP contribution in [0.1, 0.15) is 54.1 Å². The number of likely N-dealkylation sites (tertiary alicyclic amines) is 1. The standard InChI is InChI=1S/C21H27N3O4S/c1-3-28-20(26)9-8-19(25)24-12-10-16(11-13-24)21-23-22-18(29-21)14-15-4-6-17(27-2)7-5-15/h4-7,16H,3,8-14H2,1-2H3. The number of piperidine rings is 1. The van der Waals surface area contributed by atoms with Crippen LogP contribution in [-0.4, -0.2) is 53.8 Å². The number of esters is 1. The van der Waals surface area contributed by atoms with Crippen molar-refractivity contribution >= 4 is 23.2 Å². The van der Waals surface area contributed by atoms with Crippen LogP contribution in [-0.2, 0) is 20.7 Å². The summed E-state index contributed by atoms with van der Waals surface area (Å²) < 4.78 is 10.1. The fourth-order valence-corrected chi connectivity index (χ4v) is 4.44. The van der Waals surface area contributed by atoms with Gasteiger partial charge in [-0.2, -0.15) is 0 Å². The zero-order valence-corrected chi connectivity index (χ0v) is 17.7. The summed E-state index contributed by atoms with van der Waals surface area (Å²) in [4.78, 5) is 25.5. The number of ether oxygens (including phenoxy) is 2. The second-order valence-corrected chi connectivity index (χ2v) is 8.11. The van der Waals surface area contributed by atoms with Crippen molar-refractivity contribution in [1.29, 1.82) is 0 Å². The maximum Gasteiger partial charge on any atom is 0.306 e. The molecule has 1 aromatic heterocycles. The predicted octanol–water partition coefficient (Wildman–Crippen LogP) is 3.19. The number of carbonyl (C=O) groups is 2. The largest absolute Gasteiger partial charge is 0.497 e. The van der Waals surface area contributed by atoms with Crippen molar-refractivity contribution in [3.05, 3.63) is 39.8 Å². The summed E-state index contributed by atoms with van der Waals surface area (Å²) in [6.07, 6.45) is 2.88. The van der Waals surface area contributed by atoms with Crippen molar-refractivity contribution in [3.63, 3.8) is 0 Å². The first-order valence-corrected chi connectivity index (χ1v) is 10.8. The van der Waals surface area contributed by atoms with Crippen molar-refractivity contribution in [3.8, 4) is 5.75 Å². The highest BCUT2D eigenvalue weighted by molar-refractivity contribution is 7.11. The zero-order chi connectivity index (χ0) is 20.6. The summed E-state index contributed by atoms with van der Waals surface area (Å²) in [6.45, 7) is 3.50. The second kappa shape index (κ2) is 10.3. The maximum atomic E-state index is 12.3. The summed E-state index contributed by atoms with van der Waals surface area (Å²) in [5.74, 6) is 0.893.